The van der Waals surface area contributed by atoms with Crippen LogP contribution in [-0.2, 0) is 39.9 Å². The summed E-state index contributed by atoms with van der Waals surface area (Å²) >= 11 is 0. The predicted molar refractivity (Wildman–Crippen MR) is 194 cm³/mol. The largest absolute Gasteiger partial charge is 0.508 e. The van der Waals surface area contributed by atoms with Gasteiger partial charge in [-0.05, 0) is 78.9 Å². The van der Waals surface area contributed by atoms with Gasteiger partial charge in [-0.2, -0.15) is 0 Å². The lowest BCUT2D eigenvalue weighted by Gasteiger charge is -2.41. The van der Waals surface area contributed by atoms with Crippen molar-refractivity contribution in [3.05, 3.63) is 138 Å². The molecule has 0 bridgehead atoms. The summed E-state index contributed by atoms with van der Waals surface area (Å²) in [6.07, 6.45) is -11.5. The number of phenols is 2. The number of hydrogen-bond donors (Lipinski definition) is 6. The first kappa shape index (κ1) is 41.0. The molecular formula is C41H36O17. The van der Waals surface area contributed by atoms with E-state index in [9.17, 15) is 54.6 Å². The van der Waals surface area contributed by atoms with Gasteiger partial charge in [-0.15, -0.1) is 0 Å². The van der Waals surface area contributed by atoms with E-state index in [0.29, 0.717) is 0 Å². The third-order valence-corrected chi connectivity index (χ3v) is 9.14. The predicted octanol–water partition coefficient (Wildman–Crippen LogP) is 1.51. The van der Waals surface area contributed by atoms with Crippen molar-refractivity contribution in [3.8, 4) is 17.2 Å². The number of benzene rings is 4. The van der Waals surface area contributed by atoms with Crippen molar-refractivity contribution < 1.29 is 83.0 Å². The maximum Gasteiger partial charge on any atom is 0.346 e. The van der Waals surface area contributed by atoms with Crippen LogP contribution in [-0.4, -0.2) is 115 Å². The van der Waals surface area contributed by atoms with Crippen LogP contribution in [0.25, 0.3) is 0 Å². The van der Waals surface area contributed by atoms with Crippen molar-refractivity contribution in [2.75, 3.05) is 6.61 Å². The minimum Gasteiger partial charge on any atom is -0.508 e. The van der Waals surface area contributed by atoms with Gasteiger partial charge < -0.3 is 59.1 Å². The molecule has 17 heteroatoms. The average molecular weight is 801 g/mol. The second-order valence-corrected chi connectivity index (χ2v) is 13.1. The van der Waals surface area contributed by atoms with Crippen LogP contribution in [0.4, 0.5) is 0 Å². The fourth-order valence-electron chi connectivity index (χ4n) is 5.96. The van der Waals surface area contributed by atoms with E-state index in [0.717, 1.165) is 48.6 Å². The highest BCUT2D eigenvalue weighted by molar-refractivity contribution is 6.03. The summed E-state index contributed by atoms with van der Waals surface area (Å²) in [4.78, 5) is 65.0. The fraction of sp³-hybridized carbons (Fsp3) is 0.244. The summed E-state index contributed by atoms with van der Waals surface area (Å²) in [7, 11) is 0. The van der Waals surface area contributed by atoms with Crippen LogP contribution in [0.1, 0.15) is 36.6 Å². The molecule has 0 radical (unpaired) electrons. The Kier molecular flexibility index (Phi) is 12.5. The van der Waals surface area contributed by atoms with Gasteiger partial charge in [0, 0.05) is 5.56 Å². The highest BCUT2D eigenvalue weighted by Crippen LogP contribution is 2.33. The van der Waals surface area contributed by atoms with Crippen LogP contribution >= 0.6 is 0 Å². The first-order valence-electron chi connectivity index (χ1n) is 17.5. The van der Waals surface area contributed by atoms with Gasteiger partial charge >= 0.3 is 23.9 Å². The second kappa shape index (κ2) is 17.7. The maximum absolute atomic E-state index is 13.5. The molecule has 302 valence electrons. The summed E-state index contributed by atoms with van der Waals surface area (Å²) in [5.41, 5.74) is -3.23. The van der Waals surface area contributed by atoms with Gasteiger partial charge in [0.05, 0.1) is 16.7 Å². The maximum atomic E-state index is 13.5. The Morgan fingerprint density at radius 2 is 1.28 bits per heavy atom. The van der Waals surface area contributed by atoms with Gasteiger partial charge in [0.1, 0.15) is 54.9 Å². The van der Waals surface area contributed by atoms with Crippen molar-refractivity contribution in [2.45, 2.75) is 55.1 Å². The minimum absolute atomic E-state index is 0.0716. The van der Waals surface area contributed by atoms with Crippen LogP contribution in [0.5, 0.6) is 17.2 Å². The molecule has 8 atom stereocenters. The molecule has 4 aromatic rings. The Morgan fingerprint density at radius 1 is 0.690 bits per heavy atom. The third-order valence-electron chi connectivity index (χ3n) is 9.14. The van der Waals surface area contributed by atoms with Crippen molar-refractivity contribution in [1.82, 2.24) is 0 Å². The Bertz CT molecular complexity index is 2150. The lowest BCUT2D eigenvalue weighted by atomic mass is 9.83. The Morgan fingerprint density at radius 3 is 1.93 bits per heavy atom. The summed E-state index contributed by atoms with van der Waals surface area (Å²) in [6.45, 7) is -1.45. The van der Waals surface area contributed by atoms with Crippen molar-refractivity contribution in [2.24, 2.45) is 0 Å². The lowest BCUT2D eigenvalue weighted by Crippen LogP contribution is -2.63. The SMILES string of the molecule is O=C(OCC1OC(Oc2ccc(O)cc2COC(=O)C2(O)C(O)C=CC(=O)C2OC(=O)c2ccc(O)cc2)C(OC(=O)c2ccccc2)C(O)C1O)c1ccccc1. The monoisotopic (exact) mass is 800 g/mol. The van der Waals surface area contributed by atoms with Gasteiger partial charge in [-0.3, -0.25) is 4.79 Å². The van der Waals surface area contributed by atoms with Crippen LogP contribution in [0.2, 0.25) is 0 Å². The van der Waals surface area contributed by atoms with E-state index in [2.05, 4.69) is 0 Å². The van der Waals surface area contributed by atoms with E-state index in [-0.39, 0.29) is 39.5 Å². The molecule has 0 amide bonds. The molecular weight excluding hydrogens is 764 g/mol. The standard InChI is InChI=1S/C41H36O17/c42-26-13-11-24(12-14-26)38(50)58-35-28(44)16-18-31(45)41(35,52)40(51)54-20-25-19-27(43)15-17-29(25)55-39-34(57-37(49)23-9-5-2-6-10-23)33(47)32(46)30(56-39)21-53-36(48)22-7-3-1-4-8-22/h1-19,30-35,39,42-43,45-47,52H,20-21H2. The molecule has 1 aliphatic heterocycles. The Balaban J connectivity index is 1.23. The minimum atomic E-state index is -3.18. The fourth-order valence-corrected chi connectivity index (χ4v) is 5.96. The molecule has 2 aliphatic rings. The number of ether oxygens (including phenoxy) is 6. The zero-order chi connectivity index (χ0) is 41.6. The molecule has 0 saturated carbocycles. The van der Waals surface area contributed by atoms with Crippen LogP contribution in [0.3, 0.4) is 0 Å². The van der Waals surface area contributed by atoms with Gasteiger partial charge in [0.2, 0.25) is 18.0 Å². The average Bonchev–Trinajstić information content (AvgIpc) is 3.23. The van der Waals surface area contributed by atoms with Gasteiger partial charge in [-0.1, -0.05) is 36.4 Å². The van der Waals surface area contributed by atoms with Crippen LogP contribution < -0.4 is 4.74 Å². The molecule has 1 fully saturated rings. The van der Waals surface area contributed by atoms with Gasteiger partial charge in [0.25, 0.3) is 0 Å². The molecule has 6 N–H and O–H groups in total. The number of esters is 4. The van der Waals surface area contributed by atoms with E-state index < -0.39 is 91.4 Å². The first-order valence-corrected chi connectivity index (χ1v) is 17.5. The summed E-state index contributed by atoms with van der Waals surface area (Å²) < 4.78 is 33.3. The highest BCUT2D eigenvalue weighted by atomic mass is 16.7. The number of carbonyl (C=O) groups excluding carboxylic acids is 5. The molecule has 1 aliphatic carbocycles. The quantitative estimate of drug-likeness (QED) is 0.0876. The zero-order valence-corrected chi connectivity index (χ0v) is 30.1. The second-order valence-electron chi connectivity index (χ2n) is 13.1. The molecule has 4 aromatic carbocycles. The molecule has 8 unspecified atom stereocenters. The summed E-state index contributed by atoms with van der Waals surface area (Å²) in [6, 6.07) is 23.5. The number of aliphatic hydroxyl groups excluding tert-OH is 3. The van der Waals surface area contributed by atoms with E-state index in [1.54, 1.807) is 36.4 Å². The molecule has 0 aromatic heterocycles. The van der Waals surface area contributed by atoms with E-state index in [1.807, 2.05) is 0 Å². The van der Waals surface area contributed by atoms with E-state index in [4.69, 9.17) is 28.4 Å². The number of aromatic hydroxyl groups is 2. The third kappa shape index (κ3) is 8.99. The number of phenolic OH excluding ortho intramolecular Hbond substituents is 2. The first-order chi connectivity index (χ1) is 27.8. The van der Waals surface area contributed by atoms with Gasteiger partial charge in [-0.25, -0.2) is 19.2 Å². The molecule has 6 rings (SSSR count). The highest BCUT2D eigenvalue weighted by Gasteiger charge is 2.58. The van der Waals surface area contributed by atoms with Crippen molar-refractivity contribution in [1.29, 1.82) is 0 Å². The Hall–Kier alpha value is -6.63. The molecule has 58 heavy (non-hydrogen) atoms. The number of rotatable bonds is 12. The summed E-state index contributed by atoms with van der Waals surface area (Å²) in [5, 5.41) is 64.3. The van der Waals surface area contributed by atoms with Crippen molar-refractivity contribution >= 4 is 29.7 Å². The van der Waals surface area contributed by atoms with Crippen LogP contribution in [0, 0.1) is 0 Å². The van der Waals surface area contributed by atoms with Crippen molar-refractivity contribution in [3.63, 3.8) is 0 Å². The molecule has 0 spiro atoms. The zero-order valence-electron chi connectivity index (χ0n) is 30.1. The molecule has 1 heterocycles. The van der Waals surface area contributed by atoms with Crippen LogP contribution in [0.15, 0.2) is 115 Å². The topological polar surface area (TPSA) is 262 Å². The van der Waals surface area contributed by atoms with Gasteiger partial charge in [0.15, 0.2) is 11.9 Å². The number of ketones is 1. The number of aliphatic hydroxyl groups is 4. The lowest BCUT2D eigenvalue weighted by molar-refractivity contribution is -0.276. The normalized spacial score (nSPS) is 25.2. The summed E-state index contributed by atoms with van der Waals surface area (Å²) in [5.74, 6) is -6.42. The number of hydrogen-bond acceptors (Lipinski definition) is 17. The van der Waals surface area contributed by atoms with E-state index >= 15 is 0 Å². The van der Waals surface area contributed by atoms with E-state index in [1.165, 1.54) is 30.3 Å². The smallest absolute Gasteiger partial charge is 0.346 e. The molecule has 17 nitrogen and oxygen atoms in total. The number of carbonyl (C=O) groups is 5. The molecule has 1 saturated heterocycles. The Labute approximate surface area is 328 Å².